The van der Waals surface area contributed by atoms with E-state index >= 15 is 0 Å². The molecule has 0 radical (unpaired) electrons. The van der Waals surface area contributed by atoms with E-state index in [1.807, 2.05) is 11.8 Å². The molecule has 28 aromatic carbocycles. The topological polar surface area (TPSA) is 3.24 Å². The molecule has 28 aromatic rings. The van der Waals surface area contributed by atoms with Crippen LogP contribution in [0.25, 0.3) is 291 Å². The third-order valence-corrected chi connectivity index (χ3v) is 28.1. The Morgan fingerprint density at radius 1 is 0.288 bits per heavy atom. The zero-order valence-electron chi connectivity index (χ0n) is 37.8. The molecule has 0 N–H and O–H groups in total. The first-order valence-corrected chi connectivity index (χ1v) is 29.0. The molecule has 1 fully saturated rings. The second-order valence-electron chi connectivity index (χ2n) is 27.0. The number of thioether (sulfide) groups is 1. The van der Waals surface area contributed by atoms with E-state index in [2.05, 4.69) is 11.0 Å². The largest absolute Gasteiger partial charge is 0.357 e. The lowest BCUT2D eigenvalue weighted by Crippen LogP contribution is -2.53. The predicted molar refractivity (Wildman–Crippen MR) is 317 cm³/mol. The standard InChI is InChI=1S/C70H15NS2/c72-68(71-6-2-1-3-7-71)73-9-4-5-69-64-56-48-38-28-20-12-10-11-14-18-16(12)24-32-26(18)36-30-22(14)23-15(11)19-17-13(10)21(20)29-35-25(17)33-27(19)37-31(23)41-40(30)50-44(36)54-46(32)52(42(48)34(24)28)58(64)60(54)66-62(50)63-51(41)45(37)55-47(33)53-43(35)49(39(29)38)57(56)65(69)59(53)61(55)67(63)70(66,69)8-9/h4H,1-3,5-8H2. The first kappa shape index (κ1) is 28.6. The molecule has 5 aliphatic carbocycles. The Bertz CT molecular complexity index is 7180. The van der Waals surface area contributed by atoms with Crippen molar-refractivity contribution in [1.29, 1.82) is 0 Å². The number of piperidine rings is 1. The SMILES string of the molecule is S=C(SC1=CCC23c4c5c6c7c8c9c(c%10c%11c2c2c4c4c%12c5c5c6c6c8c8c%13c9c9c%10c%10c%11c%11c2c2c4c4c%12c%12c5c5c6c8c6c8c%13c9c9c%10c%10c%11c2c2c4c4c%12c5c6c5c8c9c%10c2c45)C73C1)N1CCCCC1. The van der Waals surface area contributed by atoms with Crippen LogP contribution in [-0.2, 0) is 10.8 Å². The van der Waals surface area contributed by atoms with Gasteiger partial charge in [0.15, 0.2) is 0 Å². The average Bonchev–Trinajstić information content (AvgIpc) is 3.33. The number of rotatable bonds is 1. The van der Waals surface area contributed by atoms with Gasteiger partial charge in [0, 0.05) is 23.9 Å². The van der Waals surface area contributed by atoms with Gasteiger partial charge in [-0.2, -0.15) is 0 Å². The van der Waals surface area contributed by atoms with E-state index in [0.717, 1.165) is 30.3 Å². The van der Waals surface area contributed by atoms with Crippen LogP contribution in [0.2, 0.25) is 0 Å². The summed E-state index contributed by atoms with van der Waals surface area (Å²) in [7, 11) is 0. The Kier molecular flexibility index (Phi) is 2.63. The highest BCUT2D eigenvalue weighted by Gasteiger charge is 2.70. The van der Waals surface area contributed by atoms with Crippen LogP contribution in [0.5, 0.6) is 0 Å². The first-order chi connectivity index (χ1) is 36.3. The minimum atomic E-state index is -0.229. The van der Waals surface area contributed by atoms with Crippen molar-refractivity contribution in [3.8, 4) is 0 Å². The lowest BCUT2D eigenvalue weighted by molar-refractivity contribution is 0.311. The van der Waals surface area contributed by atoms with Gasteiger partial charge in [-0.05, 0) is 350 Å². The quantitative estimate of drug-likeness (QED) is 0.119. The molecule has 0 saturated carbocycles. The maximum atomic E-state index is 6.62. The van der Waals surface area contributed by atoms with Crippen LogP contribution in [0.1, 0.15) is 54.4 Å². The molecule has 73 heavy (non-hydrogen) atoms. The fourth-order valence-electron chi connectivity index (χ4n) is 26.2. The number of allylic oxidation sites excluding steroid dienone is 2. The van der Waals surface area contributed by atoms with E-state index in [1.165, 1.54) is 19.3 Å². The molecule has 6 aliphatic rings. The van der Waals surface area contributed by atoms with E-state index < -0.39 is 0 Å². The zero-order chi connectivity index (χ0) is 43.6. The molecule has 1 nitrogen and oxygen atoms in total. The molecule has 1 saturated heterocycles. The van der Waals surface area contributed by atoms with Crippen molar-refractivity contribution < 1.29 is 0 Å². The Morgan fingerprint density at radius 2 is 0.493 bits per heavy atom. The van der Waals surface area contributed by atoms with Gasteiger partial charge >= 0.3 is 0 Å². The molecule has 0 bridgehead atoms. The summed E-state index contributed by atoms with van der Waals surface area (Å²) in [6.07, 6.45) is 8.80. The Hall–Kier alpha value is -7.56. The number of thiocarbonyl (C=S) groups is 1. The summed E-state index contributed by atoms with van der Waals surface area (Å²) in [6, 6.07) is 0. The van der Waals surface area contributed by atoms with Crippen molar-refractivity contribution >= 4 is 319 Å². The van der Waals surface area contributed by atoms with Gasteiger partial charge in [0.2, 0.25) is 0 Å². The van der Waals surface area contributed by atoms with Crippen LogP contribution >= 0.6 is 24.0 Å². The van der Waals surface area contributed by atoms with Crippen LogP contribution in [0, 0.1) is 0 Å². The molecular weight excluding hydrogens is 919 g/mol. The summed E-state index contributed by atoms with van der Waals surface area (Å²) < 4.78 is 1.13. The molecule has 0 unspecified atom stereocenters. The Balaban J connectivity index is 1.07. The van der Waals surface area contributed by atoms with Gasteiger partial charge in [-0.3, -0.25) is 0 Å². The molecule has 0 atom stereocenters. The Labute approximate surface area is 410 Å². The van der Waals surface area contributed by atoms with Gasteiger partial charge < -0.3 is 4.90 Å². The number of benzene rings is 18. The van der Waals surface area contributed by atoms with Gasteiger partial charge in [0.25, 0.3) is 0 Å². The molecule has 3 heteroatoms. The molecule has 2 spiro atoms. The zero-order valence-corrected chi connectivity index (χ0v) is 39.4. The van der Waals surface area contributed by atoms with Gasteiger partial charge in [0.05, 0.1) is 0 Å². The fourth-order valence-corrected chi connectivity index (χ4v) is 27.7. The molecule has 0 aromatic heterocycles. The predicted octanol–water partition coefficient (Wildman–Crippen LogP) is 19.5. The van der Waals surface area contributed by atoms with E-state index in [-0.39, 0.29) is 10.8 Å². The minimum absolute atomic E-state index is 0.199. The second kappa shape index (κ2) is 6.72. The van der Waals surface area contributed by atoms with Crippen LogP contribution in [0.4, 0.5) is 0 Å². The van der Waals surface area contributed by atoms with Crippen LogP contribution in [-0.4, -0.2) is 22.3 Å². The normalized spacial score (nSPS) is 23.5. The highest BCUT2D eigenvalue weighted by Crippen LogP contribution is 2.86. The Morgan fingerprint density at radius 3 is 0.726 bits per heavy atom. The van der Waals surface area contributed by atoms with E-state index in [1.54, 1.807) is 318 Å². The highest BCUT2D eigenvalue weighted by atomic mass is 32.2. The number of hydrogen-bond donors (Lipinski definition) is 0. The number of likely N-dealkylation sites (tertiary alicyclic amines) is 1. The third-order valence-electron chi connectivity index (χ3n) is 26.6. The maximum absolute atomic E-state index is 6.62. The van der Waals surface area contributed by atoms with Gasteiger partial charge in [-0.25, -0.2) is 0 Å². The molecular formula is C70H15NS2. The molecule has 1 heterocycles. The lowest BCUT2D eigenvalue weighted by atomic mass is 9.45. The summed E-state index contributed by atoms with van der Waals surface area (Å²) in [4.78, 5) is 4.14. The monoisotopic (exact) mass is 933 g/mol. The van der Waals surface area contributed by atoms with Crippen molar-refractivity contribution in [1.82, 2.24) is 4.90 Å². The highest BCUT2D eigenvalue weighted by molar-refractivity contribution is 8.25. The van der Waals surface area contributed by atoms with Gasteiger partial charge in [-0.15, -0.1) is 0 Å². The van der Waals surface area contributed by atoms with Crippen molar-refractivity contribution in [3.05, 3.63) is 33.2 Å². The van der Waals surface area contributed by atoms with Crippen molar-refractivity contribution in [2.24, 2.45) is 0 Å². The molecule has 312 valence electrons. The molecule has 0 amide bonds. The average molecular weight is 934 g/mol. The molecule has 1 aliphatic heterocycles. The maximum Gasteiger partial charge on any atom is 0.140 e. The summed E-state index contributed by atoms with van der Waals surface area (Å²) in [5.74, 6) is 0. The third kappa shape index (κ3) is 1.63. The summed E-state index contributed by atoms with van der Waals surface area (Å²) in [5, 5.41) is 90.8. The van der Waals surface area contributed by atoms with Crippen molar-refractivity contribution in [3.63, 3.8) is 0 Å². The van der Waals surface area contributed by atoms with Crippen molar-refractivity contribution in [2.75, 3.05) is 13.1 Å². The second-order valence-corrected chi connectivity index (χ2v) is 28.8. The van der Waals surface area contributed by atoms with Crippen molar-refractivity contribution in [2.45, 2.75) is 42.9 Å². The number of hydrogen-bond acceptors (Lipinski definition) is 2. The van der Waals surface area contributed by atoms with Crippen LogP contribution < -0.4 is 0 Å². The van der Waals surface area contributed by atoms with E-state index in [0.29, 0.717) is 0 Å². The fraction of sp³-hybridized carbons (Fsp3) is 0.129. The summed E-state index contributed by atoms with van der Waals surface area (Å²) in [5.41, 5.74) is 6.74. The lowest BCUT2D eigenvalue weighted by Gasteiger charge is -2.56. The summed E-state index contributed by atoms with van der Waals surface area (Å²) in [6.45, 7) is 2.23. The molecule has 34 rings (SSSR count). The van der Waals surface area contributed by atoms with Crippen LogP contribution in [0.3, 0.4) is 0 Å². The van der Waals surface area contributed by atoms with Crippen LogP contribution in [0.15, 0.2) is 11.0 Å². The first-order valence-electron chi connectivity index (χ1n) is 27.7. The van der Waals surface area contributed by atoms with Gasteiger partial charge in [-0.1, -0.05) is 30.1 Å². The minimum Gasteiger partial charge on any atom is -0.357 e. The number of nitrogens with zero attached hydrogens (tertiary/aromatic N) is 1. The smallest absolute Gasteiger partial charge is 0.140 e. The van der Waals surface area contributed by atoms with E-state index in [9.17, 15) is 0 Å². The van der Waals surface area contributed by atoms with Gasteiger partial charge in [0.1, 0.15) is 4.32 Å². The van der Waals surface area contributed by atoms with E-state index in [4.69, 9.17) is 12.2 Å². The summed E-state index contributed by atoms with van der Waals surface area (Å²) >= 11 is 8.64.